The minimum absolute atomic E-state index is 0.00958. The quantitative estimate of drug-likeness (QED) is 0.227. The smallest absolute Gasteiger partial charge is 0.363 e. The van der Waals surface area contributed by atoms with Crippen LogP contribution in [0.1, 0.15) is 23.6 Å². The van der Waals surface area contributed by atoms with Crippen molar-refractivity contribution in [1.29, 1.82) is 0 Å². The molecule has 0 bridgehead atoms. The fourth-order valence-electron chi connectivity index (χ4n) is 2.91. The van der Waals surface area contributed by atoms with E-state index >= 15 is 0 Å². The first-order chi connectivity index (χ1) is 14.7. The van der Waals surface area contributed by atoms with Crippen LogP contribution in [0.5, 0.6) is 17.2 Å². The molecule has 0 N–H and O–H groups in total. The van der Waals surface area contributed by atoms with Crippen LogP contribution < -0.4 is 14.2 Å². The van der Waals surface area contributed by atoms with Gasteiger partial charge in [0.1, 0.15) is 0 Å². The van der Waals surface area contributed by atoms with Gasteiger partial charge in [0.2, 0.25) is 11.6 Å². The van der Waals surface area contributed by atoms with Gasteiger partial charge < -0.3 is 18.9 Å². The molecule has 2 aromatic rings. The van der Waals surface area contributed by atoms with E-state index in [0.29, 0.717) is 16.7 Å². The van der Waals surface area contributed by atoms with E-state index in [-0.39, 0.29) is 34.5 Å². The number of ether oxygens (including phenoxy) is 4. The molecule has 31 heavy (non-hydrogen) atoms. The van der Waals surface area contributed by atoms with Gasteiger partial charge in [-0.15, -0.1) is 0 Å². The molecule has 0 atom stereocenters. The first-order valence-electron chi connectivity index (χ1n) is 8.96. The number of carbonyl (C=O) groups is 2. The number of nitrogens with zero attached hydrogens (tertiary/aromatic N) is 2. The standard InChI is InChI=1S/C21H18N2O8/c1-11-7-14(5-6-16(11)23(26)27)20-22-15(21(25)31-20)8-13-9-17(28-3)19(30-12(2)24)18(10-13)29-4/h5-10H,1-4H3/b15-8-. The molecule has 0 aliphatic carbocycles. The maximum atomic E-state index is 12.3. The molecule has 1 aliphatic heterocycles. The Hall–Kier alpha value is -4.21. The van der Waals surface area contributed by atoms with Crippen LogP contribution in [0.25, 0.3) is 6.08 Å². The van der Waals surface area contributed by atoms with Crippen LogP contribution in [0, 0.1) is 17.0 Å². The Bertz CT molecular complexity index is 1130. The molecule has 0 saturated heterocycles. The third kappa shape index (κ3) is 4.53. The van der Waals surface area contributed by atoms with Gasteiger partial charge in [0.05, 0.1) is 19.1 Å². The highest BCUT2D eigenvalue weighted by atomic mass is 16.6. The van der Waals surface area contributed by atoms with Crippen LogP contribution in [0.4, 0.5) is 5.69 Å². The Morgan fingerprint density at radius 3 is 2.32 bits per heavy atom. The summed E-state index contributed by atoms with van der Waals surface area (Å²) in [6, 6.07) is 7.40. The fraction of sp³-hybridized carbons (Fsp3) is 0.190. The zero-order valence-corrected chi connectivity index (χ0v) is 17.1. The molecule has 1 heterocycles. The number of methoxy groups -OCH3 is 2. The lowest BCUT2D eigenvalue weighted by atomic mass is 10.1. The molecule has 1 aliphatic rings. The van der Waals surface area contributed by atoms with E-state index in [1.165, 1.54) is 45.4 Å². The maximum Gasteiger partial charge on any atom is 0.363 e. The number of aryl methyl sites for hydroxylation is 1. The van der Waals surface area contributed by atoms with E-state index in [4.69, 9.17) is 18.9 Å². The molecule has 2 aromatic carbocycles. The summed E-state index contributed by atoms with van der Waals surface area (Å²) in [5.74, 6) is -0.641. The monoisotopic (exact) mass is 426 g/mol. The largest absolute Gasteiger partial charge is 0.493 e. The summed E-state index contributed by atoms with van der Waals surface area (Å²) in [6.07, 6.45) is 1.45. The summed E-state index contributed by atoms with van der Waals surface area (Å²) in [5.41, 5.74) is 1.29. The van der Waals surface area contributed by atoms with Crippen molar-refractivity contribution >= 4 is 29.6 Å². The minimum atomic E-state index is -0.687. The normalized spacial score (nSPS) is 14.1. The van der Waals surface area contributed by atoms with E-state index in [1.807, 2.05) is 0 Å². The Morgan fingerprint density at radius 1 is 1.16 bits per heavy atom. The Labute approximate surface area is 176 Å². The highest BCUT2D eigenvalue weighted by molar-refractivity contribution is 6.13. The molecule has 0 unspecified atom stereocenters. The number of carbonyl (C=O) groups excluding carboxylic acids is 2. The van der Waals surface area contributed by atoms with Gasteiger partial charge in [0.15, 0.2) is 17.2 Å². The predicted octanol–water partition coefficient (Wildman–Crippen LogP) is 3.19. The average molecular weight is 426 g/mol. The number of hydrogen-bond acceptors (Lipinski definition) is 9. The van der Waals surface area contributed by atoms with Crippen molar-refractivity contribution in [2.75, 3.05) is 14.2 Å². The minimum Gasteiger partial charge on any atom is -0.493 e. The summed E-state index contributed by atoms with van der Waals surface area (Å²) < 4.78 is 20.9. The van der Waals surface area contributed by atoms with Crippen LogP contribution >= 0.6 is 0 Å². The highest BCUT2D eigenvalue weighted by Gasteiger charge is 2.26. The van der Waals surface area contributed by atoms with Crippen molar-refractivity contribution in [3.8, 4) is 17.2 Å². The number of nitro groups is 1. The average Bonchev–Trinajstić information content (AvgIpc) is 3.08. The van der Waals surface area contributed by atoms with E-state index in [2.05, 4.69) is 4.99 Å². The van der Waals surface area contributed by atoms with Crippen molar-refractivity contribution in [2.24, 2.45) is 4.99 Å². The van der Waals surface area contributed by atoms with E-state index < -0.39 is 16.9 Å². The molecule has 160 valence electrons. The van der Waals surface area contributed by atoms with Crippen LogP contribution in [-0.4, -0.2) is 37.0 Å². The van der Waals surface area contributed by atoms with Gasteiger partial charge in [-0.3, -0.25) is 14.9 Å². The topological polar surface area (TPSA) is 127 Å². The maximum absolute atomic E-state index is 12.3. The molecule has 3 rings (SSSR count). The van der Waals surface area contributed by atoms with Gasteiger partial charge in [-0.05, 0) is 42.8 Å². The van der Waals surface area contributed by atoms with Gasteiger partial charge in [-0.1, -0.05) is 0 Å². The van der Waals surface area contributed by atoms with Crippen LogP contribution in [0.15, 0.2) is 41.0 Å². The van der Waals surface area contributed by atoms with Crippen LogP contribution in [0.3, 0.4) is 0 Å². The number of benzene rings is 2. The zero-order chi connectivity index (χ0) is 22.7. The first kappa shape index (κ1) is 21.5. The van der Waals surface area contributed by atoms with Crippen molar-refractivity contribution < 1.29 is 33.5 Å². The number of cyclic esters (lactones) is 1. The molecule has 0 saturated carbocycles. The lowest BCUT2D eigenvalue weighted by Gasteiger charge is -2.13. The fourth-order valence-corrected chi connectivity index (χ4v) is 2.91. The number of esters is 2. The van der Waals surface area contributed by atoms with Crippen LogP contribution in [-0.2, 0) is 14.3 Å². The van der Waals surface area contributed by atoms with Gasteiger partial charge in [-0.25, -0.2) is 9.79 Å². The van der Waals surface area contributed by atoms with Gasteiger partial charge in [0.25, 0.3) is 5.69 Å². The van der Waals surface area contributed by atoms with E-state index in [0.717, 1.165) is 0 Å². The lowest BCUT2D eigenvalue weighted by Crippen LogP contribution is -2.06. The van der Waals surface area contributed by atoms with Gasteiger partial charge >= 0.3 is 11.9 Å². The van der Waals surface area contributed by atoms with Crippen LogP contribution in [0.2, 0.25) is 0 Å². The Morgan fingerprint density at radius 2 is 1.81 bits per heavy atom. The summed E-state index contributed by atoms with van der Waals surface area (Å²) in [4.78, 5) is 38.3. The summed E-state index contributed by atoms with van der Waals surface area (Å²) in [6.45, 7) is 2.83. The second kappa shape index (κ2) is 8.66. The first-order valence-corrected chi connectivity index (χ1v) is 8.96. The third-order valence-electron chi connectivity index (χ3n) is 4.29. The zero-order valence-electron chi connectivity index (χ0n) is 17.1. The molecule has 0 amide bonds. The van der Waals surface area contributed by atoms with E-state index in [9.17, 15) is 19.7 Å². The summed E-state index contributed by atoms with van der Waals surface area (Å²) in [5, 5.41) is 11.0. The number of nitro benzene ring substituents is 1. The molecule has 0 radical (unpaired) electrons. The molecule has 10 heteroatoms. The number of rotatable bonds is 6. The van der Waals surface area contributed by atoms with Crippen molar-refractivity contribution in [3.63, 3.8) is 0 Å². The van der Waals surface area contributed by atoms with Crippen molar-refractivity contribution in [2.45, 2.75) is 13.8 Å². The molecular formula is C21H18N2O8. The Kier molecular flexibility index (Phi) is 6.00. The molecule has 0 spiro atoms. The molecule has 10 nitrogen and oxygen atoms in total. The lowest BCUT2D eigenvalue weighted by molar-refractivity contribution is -0.385. The Balaban J connectivity index is 1.99. The molecule has 0 aromatic heterocycles. The van der Waals surface area contributed by atoms with Gasteiger partial charge in [0, 0.05) is 24.1 Å². The van der Waals surface area contributed by atoms with Gasteiger partial charge in [-0.2, -0.15) is 0 Å². The summed E-state index contributed by atoms with van der Waals surface area (Å²) >= 11 is 0. The number of hydrogen-bond donors (Lipinski definition) is 0. The van der Waals surface area contributed by atoms with E-state index in [1.54, 1.807) is 19.1 Å². The SMILES string of the molecule is COc1cc(/C=C2\N=C(c3ccc([N+](=O)[O-])c(C)c3)OC2=O)cc(OC)c1OC(C)=O. The third-order valence-corrected chi connectivity index (χ3v) is 4.29. The molecular weight excluding hydrogens is 408 g/mol. The number of aliphatic imine (C=N–C) groups is 1. The van der Waals surface area contributed by atoms with Crippen molar-refractivity contribution in [3.05, 3.63) is 62.8 Å². The predicted molar refractivity (Wildman–Crippen MR) is 109 cm³/mol. The second-order valence-electron chi connectivity index (χ2n) is 6.44. The second-order valence-corrected chi connectivity index (χ2v) is 6.44. The highest BCUT2D eigenvalue weighted by Crippen LogP contribution is 2.39. The molecule has 0 fully saturated rings. The summed E-state index contributed by atoms with van der Waals surface area (Å²) in [7, 11) is 2.80. The van der Waals surface area contributed by atoms with Crippen molar-refractivity contribution in [1.82, 2.24) is 0 Å².